The zero-order valence-corrected chi connectivity index (χ0v) is 12.3. The molecule has 1 aliphatic rings. The van der Waals surface area contributed by atoms with Crippen LogP contribution in [0, 0.1) is 26.7 Å². The smallest absolute Gasteiger partial charge is 0.106 e. The lowest BCUT2D eigenvalue weighted by molar-refractivity contribution is 0.260. The van der Waals surface area contributed by atoms with Crippen molar-refractivity contribution in [1.82, 2.24) is 5.32 Å². The fraction of sp³-hybridized carbons (Fsp3) is 0.750. The van der Waals surface area contributed by atoms with Crippen LogP contribution in [0.1, 0.15) is 67.7 Å². The van der Waals surface area contributed by atoms with Gasteiger partial charge in [0.25, 0.3) is 0 Å². The molecule has 102 valence electrons. The Balaban J connectivity index is 2.14. The van der Waals surface area contributed by atoms with Crippen molar-refractivity contribution in [1.29, 1.82) is 0 Å². The van der Waals surface area contributed by atoms with Gasteiger partial charge in [-0.15, -0.1) is 0 Å². The highest BCUT2D eigenvalue weighted by atomic mass is 16.3. The van der Waals surface area contributed by atoms with Crippen LogP contribution in [0.15, 0.2) is 4.42 Å². The summed E-state index contributed by atoms with van der Waals surface area (Å²) in [5.74, 6) is 3.12. The summed E-state index contributed by atoms with van der Waals surface area (Å²) in [5.41, 5.74) is 2.77. The van der Waals surface area contributed by atoms with Gasteiger partial charge in [-0.05, 0) is 51.6 Å². The van der Waals surface area contributed by atoms with E-state index in [1.165, 1.54) is 43.2 Å². The van der Waals surface area contributed by atoms with Gasteiger partial charge in [-0.2, -0.15) is 0 Å². The second-order valence-corrected chi connectivity index (χ2v) is 5.79. The van der Waals surface area contributed by atoms with E-state index in [-0.39, 0.29) is 0 Å². The molecule has 0 aromatic carbocycles. The number of nitrogens with one attached hydrogen (secondary N) is 1. The van der Waals surface area contributed by atoms with Crippen LogP contribution >= 0.6 is 0 Å². The molecule has 1 aromatic rings. The highest BCUT2D eigenvalue weighted by molar-refractivity contribution is 5.34. The Morgan fingerprint density at radius 3 is 2.39 bits per heavy atom. The molecule has 2 nitrogen and oxygen atoms in total. The average Bonchev–Trinajstić information content (AvgIpc) is 2.52. The molecular weight excluding hydrogens is 222 g/mol. The van der Waals surface area contributed by atoms with E-state index in [1.807, 2.05) is 0 Å². The molecule has 1 N–H and O–H groups in total. The van der Waals surface area contributed by atoms with Crippen LogP contribution in [-0.2, 0) is 0 Å². The molecular formula is C16H27NO. The van der Waals surface area contributed by atoms with Crippen LogP contribution in [0.5, 0.6) is 0 Å². The number of hydrogen-bond donors (Lipinski definition) is 1. The van der Waals surface area contributed by atoms with Gasteiger partial charge in [0, 0.05) is 11.6 Å². The van der Waals surface area contributed by atoms with Gasteiger partial charge in [-0.1, -0.05) is 26.2 Å². The molecule has 1 aromatic heterocycles. The maximum atomic E-state index is 5.80. The standard InChI is InChI=1S/C16H27NO/c1-5-9-17-15(10-14-7-6-8-14)16-11(2)12(3)18-13(16)4/h14-15,17H,5-10H2,1-4H3. The van der Waals surface area contributed by atoms with Crippen LogP contribution < -0.4 is 5.32 Å². The van der Waals surface area contributed by atoms with Gasteiger partial charge < -0.3 is 9.73 Å². The van der Waals surface area contributed by atoms with E-state index < -0.39 is 0 Å². The van der Waals surface area contributed by atoms with E-state index in [1.54, 1.807) is 0 Å². The second kappa shape index (κ2) is 5.92. The monoisotopic (exact) mass is 249 g/mol. The lowest BCUT2D eigenvalue weighted by Gasteiger charge is -2.30. The number of aryl methyl sites for hydroxylation is 2. The van der Waals surface area contributed by atoms with E-state index in [4.69, 9.17) is 4.42 Å². The average molecular weight is 249 g/mol. The fourth-order valence-electron chi connectivity index (χ4n) is 3.01. The molecule has 1 fully saturated rings. The molecule has 1 heterocycles. The summed E-state index contributed by atoms with van der Waals surface area (Å²) < 4.78 is 5.80. The van der Waals surface area contributed by atoms with Crippen molar-refractivity contribution < 1.29 is 4.42 Å². The third kappa shape index (κ3) is 2.80. The van der Waals surface area contributed by atoms with Crippen LogP contribution in [0.25, 0.3) is 0 Å². The van der Waals surface area contributed by atoms with Gasteiger partial charge >= 0.3 is 0 Å². The largest absolute Gasteiger partial charge is 0.466 e. The Hall–Kier alpha value is -0.760. The van der Waals surface area contributed by atoms with E-state index in [0.29, 0.717) is 6.04 Å². The number of hydrogen-bond acceptors (Lipinski definition) is 2. The van der Waals surface area contributed by atoms with Crippen molar-refractivity contribution in [3.8, 4) is 0 Å². The predicted molar refractivity (Wildman–Crippen MR) is 75.9 cm³/mol. The molecule has 0 amide bonds. The molecule has 1 atom stereocenters. The van der Waals surface area contributed by atoms with Crippen LogP contribution in [0.2, 0.25) is 0 Å². The van der Waals surface area contributed by atoms with E-state index >= 15 is 0 Å². The minimum absolute atomic E-state index is 0.493. The van der Waals surface area contributed by atoms with E-state index in [0.717, 1.165) is 24.0 Å². The molecule has 18 heavy (non-hydrogen) atoms. The predicted octanol–water partition coefficient (Wildman–Crippen LogP) is 4.44. The molecule has 0 spiro atoms. The normalized spacial score (nSPS) is 17.8. The highest BCUT2D eigenvalue weighted by Gasteiger charge is 2.26. The summed E-state index contributed by atoms with van der Waals surface area (Å²) in [6, 6.07) is 0.493. The highest BCUT2D eigenvalue weighted by Crippen LogP contribution is 2.37. The van der Waals surface area contributed by atoms with Gasteiger partial charge in [0.1, 0.15) is 11.5 Å². The molecule has 1 unspecified atom stereocenters. The molecule has 2 heteroatoms. The second-order valence-electron chi connectivity index (χ2n) is 5.79. The number of rotatable bonds is 6. The lowest BCUT2D eigenvalue weighted by Crippen LogP contribution is -2.27. The SMILES string of the molecule is CCCNC(CC1CCC1)c1c(C)oc(C)c1C. The molecule has 1 saturated carbocycles. The van der Waals surface area contributed by atoms with Gasteiger partial charge in [0.15, 0.2) is 0 Å². The Labute approximate surface area is 111 Å². The Morgan fingerprint density at radius 1 is 1.22 bits per heavy atom. The molecule has 2 rings (SSSR count). The maximum absolute atomic E-state index is 5.80. The third-order valence-corrected chi connectivity index (χ3v) is 4.40. The van der Waals surface area contributed by atoms with Crippen molar-refractivity contribution in [2.24, 2.45) is 5.92 Å². The van der Waals surface area contributed by atoms with Gasteiger partial charge in [0.2, 0.25) is 0 Å². The Bertz CT molecular complexity index is 390. The first-order valence-electron chi connectivity index (χ1n) is 7.43. The van der Waals surface area contributed by atoms with Crippen molar-refractivity contribution in [2.45, 2.75) is 65.8 Å². The summed E-state index contributed by atoms with van der Waals surface area (Å²) in [4.78, 5) is 0. The minimum Gasteiger partial charge on any atom is -0.466 e. The summed E-state index contributed by atoms with van der Waals surface area (Å²) >= 11 is 0. The first kappa shape index (κ1) is 13.7. The summed E-state index contributed by atoms with van der Waals surface area (Å²) in [6.45, 7) is 9.71. The van der Waals surface area contributed by atoms with E-state index in [2.05, 4.69) is 33.0 Å². The van der Waals surface area contributed by atoms with Crippen molar-refractivity contribution in [2.75, 3.05) is 6.54 Å². The quantitative estimate of drug-likeness (QED) is 0.806. The van der Waals surface area contributed by atoms with Gasteiger partial charge in [0.05, 0.1) is 0 Å². The summed E-state index contributed by atoms with van der Waals surface area (Å²) in [7, 11) is 0. The van der Waals surface area contributed by atoms with Crippen LogP contribution in [0.4, 0.5) is 0 Å². The fourth-order valence-corrected chi connectivity index (χ4v) is 3.01. The zero-order valence-electron chi connectivity index (χ0n) is 12.3. The van der Waals surface area contributed by atoms with Crippen LogP contribution in [0.3, 0.4) is 0 Å². The van der Waals surface area contributed by atoms with Crippen molar-refractivity contribution in [3.63, 3.8) is 0 Å². The first-order chi connectivity index (χ1) is 8.63. The lowest BCUT2D eigenvalue weighted by atomic mass is 9.79. The van der Waals surface area contributed by atoms with Crippen molar-refractivity contribution in [3.05, 3.63) is 22.6 Å². The zero-order chi connectivity index (χ0) is 13.1. The Kier molecular flexibility index (Phi) is 4.50. The minimum atomic E-state index is 0.493. The third-order valence-electron chi connectivity index (χ3n) is 4.40. The summed E-state index contributed by atoms with van der Waals surface area (Å²) in [5, 5.41) is 3.72. The summed E-state index contributed by atoms with van der Waals surface area (Å²) in [6.07, 6.45) is 6.72. The molecule has 0 radical (unpaired) electrons. The Morgan fingerprint density at radius 2 is 1.94 bits per heavy atom. The molecule has 0 aliphatic heterocycles. The molecule has 1 aliphatic carbocycles. The van der Waals surface area contributed by atoms with E-state index in [9.17, 15) is 0 Å². The van der Waals surface area contributed by atoms with Crippen molar-refractivity contribution >= 4 is 0 Å². The maximum Gasteiger partial charge on any atom is 0.106 e. The number of furan rings is 1. The molecule has 0 bridgehead atoms. The van der Waals surface area contributed by atoms with Crippen LogP contribution in [-0.4, -0.2) is 6.54 Å². The van der Waals surface area contributed by atoms with Gasteiger partial charge in [-0.3, -0.25) is 0 Å². The first-order valence-corrected chi connectivity index (χ1v) is 7.43. The molecule has 0 saturated heterocycles. The van der Waals surface area contributed by atoms with Gasteiger partial charge in [-0.25, -0.2) is 0 Å². The topological polar surface area (TPSA) is 25.2 Å².